The molecule has 7 nitrogen and oxygen atoms in total. The van der Waals surface area contributed by atoms with Gasteiger partial charge in [-0.25, -0.2) is 4.79 Å². The van der Waals surface area contributed by atoms with Crippen LogP contribution in [0.25, 0.3) is 6.08 Å². The van der Waals surface area contributed by atoms with Crippen molar-refractivity contribution >= 4 is 78.4 Å². The second-order valence-electron chi connectivity index (χ2n) is 7.54. The molecule has 0 saturated carbocycles. The van der Waals surface area contributed by atoms with Crippen molar-refractivity contribution in [1.82, 2.24) is 4.90 Å². The van der Waals surface area contributed by atoms with Gasteiger partial charge < -0.3 is 14.2 Å². The Morgan fingerprint density at radius 2 is 1.78 bits per heavy atom. The lowest BCUT2D eigenvalue weighted by Crippen LogP contribution is -2.32. The lowest BCUT2D eigenvalue weighted by molar-refractivity contribution is -0.123. The monoisotopic (exact) mass is 665 g/mol. The van der Waals surface area contributed by atoms with Crippen LogP contribution in [0.15, 0.2) is 74.5 Å². The summed E-state index contributed by atoms with van der Waals surface area (Å²) < 4.78 is 17.7. The Morgan fingerprint density at radius 3 is 2.49 bits per heavy atom. The van der Waals surface area contributed by atoms with Crippen LogP contribution in [0.1, 0.15) is 15.9 Å². The maximum Gasteiger partial charge on any atom is 0.344 e. The van der Waals surface area contributed by atoms with Gasteiger partial charge in [-0.2, -0.15) is 0 Å². The van der Waals surface area contributed by atoms with Gasteiger partial charge in [-0.05, 0) is 104 Å². The molecule has 0 aromatic heterocycles. The van der Waals surface area contributed by atoms with Gasteiger partial charge in [0.25, 0.3) is 11.1 Å². The van der Waals surface area contributed by atoms with E-state index in [-0.39, 0.29) is 34.8 Å². The summed E-state index contributed by atoms with van der Waals surface area (Å²) in [5.74, 6) is 0.0594. The van der Waals surface area contributed by atoms with Gasteiger partial charge in [-0.3, -0.25) is 14.5 Å². The summed E-state index contributed by atoms with van der Waals surface area (Å²) in [6.45, 7) is 0.242. The highest BCUT2D eigenvalue weighted by atomic mass is 79.9. The van der Waals surface area contributed by atoms with Crippen molar-refractivity contribution in [2.75, 3.05) is 20.3 Å². The van der Waals surface area contributed by atoms with Crippen molar-refractivity contribution in [3.05, 3.63) is 90.7 Å². The number of imide groups is 1. The fourth-order valence-electron chi connectivity index (χ4n) is 3.33. The number of thioether (sulfide) groups is 1. The molecule has 3 aromatic rings. The van der Waals surface area contributed by atoms with Gasteiger partial charge in [0, 0.05) is 9.50 Å². The predicted octanol–water partition coefficient (Wildman–Crippen LogP) is 7.21. The van der Waals surface area contributed by atoms with Crippen LogP contribution in [0.5, 0.6) is 17.2 Å². The summed E-state index contributed by atoms with van der Waals surface area (Å²) in [7, 11) is 1.44. The first-order valence-corrected chi connectivity index (χ1v) is 13.5. The van der Waals surface area contributed by atoms with E-state index < -0.39 is 11.9 Å². The second-order valence-corrected chi connectivity index (χ2v) is 10.7. The van der Waals surface area contributed by atoms with E-state index in [1.165, 1.54) is 7.11 Å². The van der Waals surface area contributed by atoms with Crippen LogP contribution in [-0.4, -0.2) is 42.3 Å². The average Bonchev–Trinajstić information content (AvgIpc) is 3.14. The molecule has 1 heterocycles. The Kier molecular flexibility index (Phi) is 8.96. The number of nitrogens with zero attached hydrogens (tertiary/aromatic N) is 1. The molecule has 37 heavy (non-hydrogen) atoms. The molecule has 0 atom stereocenters. The van der Waals surface area contributed by atoms with E-state index in [2.05, 4.69) is 31.9 Å². The molecule has 190 valence electrons. The molecule has 1 aliphatic heterocycles. The second kappa shape index (κ2) is 12.2. The maximum absolute atomic E-state index is 12.9. The summed E-state index contributed by atoms with van der Waals surface area (Å²) in [6, 6.07) is 17.0. The van der Waals surface area contributed by atoms with E-state index in [1.807, 2.05) is 0 Å². The van der Waals surface area contributed by atoms with Gasteiger partial charge in [0.1, 0.15) is 12.4 Å². The van der Waals surface area contributed by atoms with Crippen LogP contribution in [0.2, 0.25) is 5.02 Å². The number of carbonyl (C=O) groups excluding carboxylic acids is 3. The minimum Gasteiger partial charge on any atom is -0.493 e. The lowest BCUT2D eigenvalue weighted by atomic mass is 10.1. The number of ether oxygens (including phenoxy) is 3. The molecule has 0 spiro atoms. The van der Waals surface area contributed by atoms with Crippen molar-refractivity contribution in [2.45, 2.75) is 0 Å². The minimum atomic E-state index is -0.568. The zero-order valence-corrected chi connectivity index (χ0v) is 23.9. The topological polar surface area (TPSA) is 82.1 Å². The van der Waals surface area contributed by atoms with E-state index in [0.29, 0.717) is 30.8 Å². The third-order valence-electron chi connectivity index (χ3n) is 5.11. The number of hydrogen-bond donors (Lipinski definition) is 0. The van der Waals surface area contributed by atoms with Gasteiger partial charge in [0.2, 0.25) is 0 Å². The highest BCUT2D eigenvalue weighted by Gasteiger charge is 2.35. The number of esters is 1. The van der Waals surface area contributed by atoms with Gasteiger partial charge in [0.15, 0.2) is 11.5 Å². The summed E-state index contributed by atoms with van der Waals surface area (Å²) in [6.07, 6.45) is 1.58. The van der Waals surface area contributed by atoms with Gasteiger partial charge >= 0.3 is 5.97 Å². The number of benzene rings is 3. The maximum atomic E-state index is 12.9. The van der Waals surface area contributed by atoms with E-state index >= 15 is 0 Å². The van der Waals surface area contributed by atoms with Crippen molar-refractivity contribution < 1.29 is 28.6 Å². The third kappa shape index (κ3) is 6.56. The molecule has 0 unspecified atom stereocenters. The van der Waals surface area contributed by atoms with Gasteiger partial charge in [-0.15, -0.1) is 0 Å². The first kappa shape index (κ1) is 27.3. The smallest absolute Gasteiger partial charge is 0.344 e. The van der Waals surface area contributed by atoms with Crippen LogP contribution >= 0.6 is 55.2 Å². The summed E-state index contributed by atoms with van der Waals surface area (Å²) in [5.41, 5.74) is 0.932. The third-order valence-corrected chi connectivity index (χ3v) is 7.55. The molecule has 0 bridgehead atoms. The van der Waals surface area contributed by atoms with Crippen molar-refractivity contribution in [2.24, 2.45) is 0 Å². The number of carbonyl (C=O) groups is 3. The number of methoxy groups -OCH3 is 1. The molecule has 1 aliphatic rings. The normalized spacial score (nSPS) is 14.3. The molecule has 0 N–H and O–H groups in total. The Morgan fingerprint density at radius 1 is 1.05 bits per heavy atom. The van der Waals surface area contributed by atoms with E-state index in [1.54, 1.807) is 66.7 Å². The van der Waals surface area contributed by atoms with E-state index in [9.17, 15) is 14.4 Å². The van der Waals surface area contributed by atoms with Crippen LogP contribution in [0.4, 0.5) is 4.79 Å². The fourth-order valence-corrected chi connectivity index (χ4v) is 5.30. The van der Waals surface area contributed by atoms with Crippen LogP contribution in [-0.2, 0) is 4.79 Å². The Balaban J connectivity index is 1.47. The Labute approximate surface area is 239 Å². The molecule has 0 radical (unpaired) electrons. The molecule has 2 amide bonds. The minimum absolute atomic E-state index is 0.0988. The largest absolute Gasteiger partial charge is 0.493 e. The molecular formula is C26H18Br2ClNO6S. The summed E-state index contributed by atoms with van der Waals surface area (Å²) >= 11 is 13.5. The molecule has 11 heteroatoms. The van der Waals surface area contributed by atoms with E-state index in [0.717, 1.165) is 16.7 Å². The zero-order chi connectivity index (χ0) is 26.5. The molecular weight excluding hydrogens is 650 g/mol. The van der Waals surface area contributed by atoms with Crippen LogP contribution in [0.3, 0.4) is 0 Å². The van der Waals surface area contributed by atoms with Gasteiger partial charge in [-0.1, -0.05) is 23.7 Å². The molecule has 3 aromatic carbocycles. The number of amides is 2. The number of rotatable bonds is 8. The van der Waals surface area contributed by atoms with Crippen molar-refractivity contribution in [3.63, 3.8) is 0 Å². The number of hydrogen-bond acceptors (Lipinski definition) is 7. The quantitative estimate of drug-likeness (QED) is 0.143. The van der Waals surface area contributed by atoms with E-state index in [4.69, 9.17) is 25.8 Å². The summed E-state index contributed by atoms with van der Waals surface area (Å²) in [4.78, 5) is 39.4. The summed E-state index contributed by atoms with van der Waals surface area (Å²) in [5, 5.41) is 0.197. The number of halogens is 3. The van der Waals surface area contributed by atoms with Crippen LogP contribution in [0, 0.1) is 0 Å². The lowest BCUT2D eigenvalue weighted by Gasteiger charge is -2.14. The van der Waals surface area contributed by atoms with Crippen molar-refractivity contribution in [1.29, 1.82) is 0 Å². The SMILES string of the molecule is COc1cc(/C=C2\SC(=O)N(CCOc3ccc(Cl)cc3)C2=O)cc(Br)c1OC(=O)c1ccccc1Br. The predicted molar refractivity (Wildman–Crippen MR) is 149 cm³/mol. The Hall–Kier alpha value is -2.79. The highest BCUT2D eigenvalue weighted by molar-refractivity contribution is 9.10. The molecule has 1 fully saturated rings. The zero-order valence-electron chi connectivity index (χ0n) is 19.2. The first-order valence-electron chi connectivity index (χ1n) is 10.7. The molecule has 0 aliphatic carbocycles. The van der Waals surface area contributed by atoms with Crippen molar-refractivity contribution in [3.8, 4) is 17.2 Å². The first-order chi connectivity index (χ1) is 17.8. The van der Waals surface area contributed by atoms with Gasteiger partial charge in [0.05, 0.1) is 28.6 Å². The highest BCUT2D eigenvalue weighted by Crippen LogP contribution is 2.39. The Bertz CT molecular complexity index is 1400. The molecule has 1 saturated heterocycles. The van der Waals surface area contributed by atoms with Crippen LogP contribution < -0.4 is 14.2 Å². The standard InChI is InChI=1S/C26H18Br2ClNO6S/c1-34-21-13-15(12-20(28)23(21)36-25(32)18-4-2-3-5-19(18)27)14-22-24(31)30(26(33)37-22)10-11-35-17-8-6-16(29)7-9-17/h2-9,12-14H,10-11H2,1H3/b22-14-. The average molecular weight is 668 g/mol. The molecule has 4 rings (SSSR count). The fraction of sp³-hybridized carbons (Fsp3) is 0.115.